The van der Waals surface area contributed by atoms with Gasteiger partial charge in [-0.1, -0.05) is 13.8 Å². The van der Waals surface area contributed by atoms with Gasteiger partial charge < -0.3 is 14.8 Å². The molecule has 0 amide bonds. The number of hydrogen-bond donors (Lipinski definition) is 1. The highest BCUT2D eigenvalue weighted by molar-refractivity contribution is 5.29. The van der Waals surface area contributed by atoms with Crippen LogP contribution in [0.5, 0.6) is 5.75 Å². The highest BCUT2D eigenvalue weighted by atomic mass is 19.1. The van der Waals surface area contributed by atoms with E-state index in [1.165, 1.54) is 12.1 Å². The molecule has 0 aliphatic carbocycles. The lowest BCUT2D eigenvalue weighted by Gasteiger charge is -2.20. The topological polar surface area (TPSA) is 30.5 Å². The third-order valence-corrected chi connectivity index (χ3v) is 2.70. The molecular formula is C17H28FNO2. The van der Waals surface area contributed by atoms with Crippen LogP contribution in [0.1, 0.15) is 40.2 Å². The quantitative estimate of drug-likeness (QED) is 0.741. The van der Waals surface area contributed by atoms with Crippen LogP contribution in [-0.4, -0.2) is 25.4 Å². The summed E-state index contributed by atoms with van der Waals surface area (Å²) in [5, 5.41) is 3.33. The Balaban J connectivity index is 2.45. The summed E-state index contributed by atoms with van der Waals surface area (Å²) < 4.78 is 24.6. The molecule has 0 fully saturated rings. The second-order valence-electron chi connectivity index (χ2n) is 6.72. The maximum atomic E-state index is 13.6. The maximum Gasteiger partial charge on any atom is 0.127 e. The van der Waals surface area contributed by atoms with Crippen molar-refractivity contribution in [2.45, 2.75) is 46.7 Å². The molecule has 120 valence electrons. The van der Waals surface area contributed by atoms with E-state index in [1.807, 2.05) is 6.07 Å². The van der Waals surface area contributed by atoms with Crippen LogP contribution in [0.2, 0.25) is 0 Å². The van der Waals surface area contributed by atoms with Gasteiger partial charge in [0, 0.05) is 24.8 Å². The Morgan fingerprint density at radius 1 is 1.14 bits per heavy atom. The number of benzene rings is 1. The van der Waals surface area contributed by atoms with Crippen molar-refractivity contribution in [1.29, 1.82) is 0 Å². The summed E-state index contributed by atoms with van der Waals surface area (Å²) >= 11 is 0. The minimum atomic E-state index is -0.277. The van der Waals surface area contributed by atoms with Crippen LogP contribution in [0, 0.1) is 11.7 Å². The van der Waals surface area contributed by atoms with E-state index in [0.29, 0.717) is 38.0 Å². The maximum absolute atomic E-state index is 13.6. The van der Waals surface area contributed by atoms with Crippen molar-refractivity contribution in [3.63, 3.8) is 0 Å². The SMILES string of the molecule is CC(C)COCCOc1cc(F)cc(CNC(C)(C)C)c1. The van der Waals surface area contributed by atoms with Crippen molar-refractivity contribution in [3.8, 4) is 5.75 Å². The molecule has 1 N–H and O–H groups in total. The van der Waals surface area contributed by atoms with Gasteiger partial charge in [0.25, 0.3) is 0 Å². The first-order valence-electron chi connectivity index (χ1n) is 7.51. The van der Waals surface area contributed by atoms with E-state index in [-0.39, 0.29) is 11.4 Å². The van der Waals surface area contributed by atoms with Crippen LogP contribution in [0.25, 0.3) is 0 Å². The first-order valence-corrected chi connectivity index (χ1v) is 7.51. The molecule has 0 spiro atoms. The molecule has 3 nitrogen and oxygen atoms in total. The largest absolute Gasteiger partial charge is 0.491 e. The highest BCUT2D eigenvalue weighted by Gasteiger charge is 2.09. The first-order chi connectivity index (χ1) is 9.76. The Bertz CT molecular complexity index is 427. The Kier molecular flexibility index (Phi) is 7.12. The molecular weight excluding hydrogens is 269 g/mol. The van der Waals surface area contributed by atoms with Gasteiger partial charge in [0.2, 0.25) is 0 Å². The minimum absolute atomic E-state index is 0.00196. The number of ether oxygens (including phenoxy) is 2. The summed E-state index contributed by atoms with van der Waals surface area (Å²) in [5.74, 6) is 0.782. The van der Waals surface area contributed by atoms with E-state index in [4.69, 9.17) is 9.47 Å². The van der Waals surface area contributed by atoms with Gasteiger partial charge in [-0.2, -0.15) is 0 Å². The molecule has 0 aliphatic rings. The number of rotatable bonds is 8. The molecule has 0 unspecified atom stereocenters. The molecule has 1 rings (SSSR count). The predicted molar refractivity (Wildman–Crippen MR) is 84.1 cm³/mol. The number of halogens is 1. The van der Waals surface area contributed by atoms with E-state index >= 15 is 0 Å². The Hall–Kier alpha value is -1.13. The Morgan fingerprint density at radius 2 is 1.86 bits per heavy atom. The molecule has 0 saturated heterocycles. The third kappa shape index (κ3) is 8.68. The van der Waals surface area contributed by atoms with Crippen LogP contribution in [0.3, 0.4) is 0 Å². The lowest BCUT2D eigenvalue weighted by Crippen LogP contribution is -2.35. The minimum Gasteiger partial charge on any atom is -0.491 e. The molecule has 4 heteroatoms. The summed E-state index contributed by atoms with van der Waals surface area (Å²) in [5.41, 5.74) is 0.876. The zero-order valence-corrected chi connectivity index (χ0v) is 13.8. The van der Waals surface area contributed by atoms with Gasteiger partial charge in [-0.15, -0.1) is 0 Å². The van der Waals surface area contributed by atoms with Crippen molar-refractivity contribution >= 4 is 0 Å². The molecule has 0 heterocycles. The van der Waals surface area contributed by atoms with Crippen LogP contribution < -0.4 is 10.1 Å². The fourth-order valence-corrected chi connectivity index (χ4v) is 1.71. The fourth-order valence-electron chi connectivity index (χ4n) is 1.71. The Morgan fingerprint density at radius 3 is 2.48 bits per heavy atom. The zero-order valence-electron chi connectivity index (χ0n) is 13.8. The zero-order chi connectivity index (χ0) is 15.9. The van der Waals surface area contributed by atoms with E-state index in [9.17, 15) is 4.39 Å². The molecule has 0 radical (unpaired) electrons. The van der Waals surface area contributed by atoms with Crippen LogP contribution in [-0.2, 0) is 11.3 Å². The van der Waals surface area contributed by atoms with E-state index in [1.54, 1.807) is 0 Å². The molecule has 1 aromatic rings. The van der Waals surface area contributed by atoms with E-state index in [2.05, 4.69) is 39.9 Å². The van der Waals surface area contributed by atoms with Gasteiger partial charge in [-0.3, -0.25) is 0 Å². The molecule has 21 heavy (non-hydrogen) atoms. The van der Waals surface area contributed by atoms with Gasteiger partial charge in [0.05, 0.1) is 6.61 Å². The second kappa shape index (κ2) is 8.35. The van der Waals surface area contributed by atoms with Crippen molar-refractivity contribution in [3.05, 3.63) is 29.6 Å². The third-order valence-electron chi connectivity index (χ3n) is 2.70. The van der Waals surface area contributed by atoms with Gasteiger partial charge in [0.1, 0.15) is 18.2 Å². The van der Waals surface area contributed by atoms with Crippen LogP contribution >= 0.6 is 0 Å². The van der Waals surface area contributed by atoms with Crippen LogP contribution in [0.4, 0.5) is 4.39 Å². The van der Waals surface area contributed by atoms with Gasteiger partial charge in [0.15, 0.2) is 0 Å². The second-order valence-corrected chi connectivity index (χ2v) is 6.72. The summed E-state index contributed by atoms with van der Waals surface area (Å²) in [6.45, 7) is 12.7. The summed E-state index contributed by atoms with van der Waals surface area (Å²) in [4.78, 5) is 0. The lowest BCUT2D eigenvalue weighted by molar-refractivity contribution is 0.0818. The average Bonchev–Trinajstić information content (AvgIpc) is 2.34. The molecule has 0 atom stereocenters. The van der Waals surface area contributed by atoms with Crippen molar-refractivity contribution in [2.24, 2.45) is 5.92 Å². The van der Waals surface area contributed by atoms with Gasteiger partial charge >= 0.3 is 0 Å². The molecule has 0 bridgehead atoms. The summed E-state index contributed by atoms with van der Waals surface area (Å²) in [6, 6.07) is 4.80. The van der Waals surface area contributed by atoms with E-state index in [0.717, 1.165) is 5.56 Å². The number of nitrogens with one attached hydrogen (secondary N) is 1. The van der Waals surface area contributed by atoms with Gasteiger partial charge in [-0.05, 0) is 44.4 Å². The molecule has 0 saturated carbocycles. The van der Waals surface area contributed by atoms with Crippen molar-refractivity contribution < 1.29 is 13.9 Å². The Labute approximate surface area is 127 Å². The molecule has 1 aromatic carbocycles. The normalized spacial score (nSPS) is 12.0. The first kappa shape index (κ1) is 17.9. The fraction of sp³-hybridized carbons (Fsp3) is 0.647. The summed E-state index contributed by atoms with van der Waals surface area (Å²) in [6.07, 6.45) is 0. The number of hydrogen-bond acceptors (Lipinski definition) is 3. The standard InChI is InChI=1S/C17H28FNO2/c1-13(2)12-20-6-7-21-16-9-14(8-15(18)10-16)11-19-17(3,4)5/h8-10,13,19H,6-7,11-12H2,1-5H3. The summed E-state index contributed by atoms with van der Waals surface area (Å²) in [7, 11) is 0. The average molecular weight is 297 g/mol. The van der Waals surface area contributed by atoms with Crippen LogP contribution in [0.15, 0.2) is 18.2 Å². The molecule has 0 aliphatic heterocycles. The van der Waals surface area contributed by atoms with E-state index < -0.39 is 0 Å². The van der Waals surface area contributed by atoms with Crippen molar-refractivity contribution in [1.82, 2.24) is 5.32 Å². The van der Waals surface area contributed by atoms with Gasteiger partial charge in [-0.25, -0.2) is 4.39 Å². The molecule has 0 aromatic heterocycles. The highest BCUT2D eigenvalue weighted by Crippen LogP contribution is 2.17. The predicted octanol–water partition coefficient (Wildman–Crippen LogP) is 3.77. The monoisotopic (exact) mass is 297 g/mol. The smallest absolute Gasteiger partial charge is 0.127 e. The lowest BCUT2D eigenvalue weighted by atomic mass is 10.1. The van der Waals surface area contributed by atoms with Crippen molar-refractivity contribution in [2.75, 3.05) is 19.8 Å².